The number of anilines is 1. The Morgan fingerprint density at radius 1 is 1.27 bits per heavy atom. The van der Waals surface area contributed by atoms with Crippen LogP contribution in [-0.4, -0.2) is 33.6 Å². The summed E-state index contributed by atoms with van der Waals surface area (Å²) in [7, 11) is -4.01. The van der Waals surface area contributed by atoms with Crippen LogP contribution in [0.25, 0.3) is 11.4 Å². The molecular weight excluding hydrogens is 383 g/mol. The van der Waals surface area contributed by atoms with Crippen LogP contribution in [0.2, 0.25) is 5.15 Å². The van der Waals surface area contributed by atoms with E-state index in [2.05, 4.69) is 25.2 Å². The van der Waals surface area contributed by atoms with E-state index in [-0.39, 0.29) is 33.2 Å². The summed E-state index contributed by atoms with van der Waals surface area (Å²) in [6, 6.07) is 6.55. The topological polar surface area (TPSA) is 103 Å². The molecule has 0 saturated carbocycles. The third-order valence-electron chi connectivity index (χ3n) is 3.46. The van der Waals surface area contributed by atoms with E-state index in [0.29, 0.717) is 0 Å². The fourth-order valence-corrected chi connectivity index (χ4v) is 3.76. The van der Waals surface area contributed by atoms with Crippen LogP contribution in [0.1, 0.15) is 19.9 Å². The number of halogens is 2. The van der Waals surface area contributed by atoms with Gasteiger partial charge in [-0.1, -0.05) is 11.6 Å². The highest BCUT2D eigenvalue weighted by atomic mass is 35.5. The van der Waals surface area contributed by atoms with Crippen molar-refractivity contribution in [3.63, 3.8) is 0 Å². The van der Waals surface area contributed by atoms with Gasteiger partial charge in [0.15, 0.2) is 5.82 Å². The van der Waals surface area contributed by atoms with Crippen molar-refractivity contribution in [1.82, 2.24) is 25.2 Å². The molecule has 0 fully saturated rings. The van der Waals surface area contributed by atoms with Crippen molar-refractivity contribution >= 4 is 27.3 Å². The van der Waals surface area contributed by atoms with Gasteiger partial charge in [0.05, 0.1) is 17.3 Å². The molecule has 0 bridgehead atoms. The summed E-state index contributed by atoms with van der Waals surface area (Å²) in [5.74, 6) is -0.415. The van der Waals surface area contributed by atoms with Crippen LogP contribution in [0.5, 0.6) is 0 Å². The largest absolute Gasteiger partial charge is 0.279 e. The number of rotatable bonds is 5. The lowest BCUT2D eigenvalue weighted by molar-refractivity contribution is 0.517. The Balaban J connectivity index is 1.93. The Morgan fingerprint density at radius 2 is 2.04 bits per heavy atom. The third kappa shape index (κ3) is 3.51. The molecule has 3 rings (SSSR count). The predicted molar refractivity (Wildman–Crippen MR) is 93.7 cm³/mol. The average molecular weight is 397 g/mol. The Morgan fingerprint density at radius 3 is 2.69 bits per heavy atom. The molecule has 1 N–H and O–H groups in total. The molecule has 0 saturated heterocycles. The van der Waals surface area contributed by atoms with Gasteiger partial charge in [-0.05, 0) is 54.6 Å². The summed E-state index contributed by atoms with van der Waals surface area (Å²) >= 11 is 5.82. The van der Waals surface area contributed by atoms with Gasteiger partial charge in [0, 0.05) is 6.20 Å². The van der Waals surface area contributed by atoms with Crippen LogP contribution < -0.4 is 4.72 Å². The van der Waals surface area contributed by atoms with Gasteiger partial charge in [0.2, 0.25) is 0 Å². The molecular formula is C15H14ClFN6O2S. The Hall–Kier alpha value is -2.59. The Kier molecular flexibility index (Phi) is 4.88. The van der Waals surface area contributed by atoms with Gasteiger partial charge in [0.25, 0.3) is 10.0 Å². The van der Waals surface area contributed by atoms with E-state index in [9.17, 15) is 12.8 Å². The lowest BCUT2D eigenvalue weighted by Gasteiger charge is -2.11. The number of nitrogens with zero attached hydrogens (tertiary/aromatic N) is 5. The first-order valence-corrected chi connectivity index (χ1v) is 9.37. The third-order valence-corrected chi connectivity index (χ3v) is 5.28. The second-order valence-corrected chi connectivity index (χ2v) is 7.64. The minimum Gasteiger partial charge on any atom is -0.279 e. The number of hydrogen-bond donors (Lipinski definition) is 1. The van der Waals surface area contributed by atoms with Crippen molar-refractivity contribution in [2.45, 2.75) is 24.8 Å². The molecule has 0 atom stereocenters. The van der Waals surface area contributed by atoms with Crippen LogP contribution in [-0.2, 0) is 10.0 Å². The van der Waals surface area contributed by atoms with Crippen LogP contribution in [0.4, 0.5) is 10.1 Å². The monoisotopic (exact) mass is 396 g/mol. The van der Waals surface area contributed by atoms with Crippen LogP contribution in [0, 0.1) is 5.82 Å². The molecule has 0 unspecified atom stereocenters. The molecule has 0 spiro atoms. The van der Waals surface area contributed by atoms with Crippen molar-refractivity contribution in [2.24, 2.45) is 0 Å². The number of hydrogen-bond acceptors (Lipinski definition) is 6. The van der Waals surface area contributed by atoms with Crippen molar-refractivity contribution in [3.05, 3.63) is 47.5 Å². The maximum Gasteiger partial charge on any atom is 0.264 e. The lowest BCUT2D eigenvalue weighted by Crippen LogP contribution is -2.14. The summed E-state index contributed by atoms with van der Waals surface area (Å²) in [5.41, 5.74) is 0.195. The van der Waals surface area contributed by atoms with Gasteiger partial charge in [-0.25, -0.2) is 22.5 Å². The average Bonchev–Trinajstić information content (AvgIpc) is 3.04. The number of sulfonamides is 1. The standard InChI is InChI=1S/C15H14ClFN6O2S/c1-9(2)23-15(19-21-22-23)11-6-5-10(8-12(11)17)20-26(24,25)13-4-3-7-18-14(13)16/h3-9,20H,1-2H3. The molecule has 8 nitrogen and oxygen atoms in total. The van der Waals surface area contributed by atoms with E-state index in [1.54, 1.807) is 0 Å². The summed E-state index contributed by atoms with van der Waals surface area (Å²) in [5, 5.41) is 11.0. The van der Waals surface area contributed by atoms with Crippen LogP contribution >= 0.6 is 11.6 Å². The number of pyridine rings is 1. The molecule has 2 heterocycles. The first-order valence-electron chi connectivity index (χ1n) is 7.50. The zero-order valence-corrected chi connectivity index (χ0v) is 15.3. The van der Waals surface area contributed by atoms with E-state index in [1.165, 1.54) is 35.1 Å². The molecule has 0 aliphatic heterocycles. The van der Waals surface area contributed by atoms with Crippen molar-refractivity contribution in [2.75, 3.05) is 4.72 Å². The molecule has 11 heteroatoms. The summed E-state index contributed by atoms with van der Waals surface area (Å²) in [6.07, 6.45) is 1.37. The maximum atomic E-state index is 14.5. The van der Waals surface area contributed by atoms with Crippen LogP contribution in [0.15, 0.2) is 41.4 Å². The maximum absolute atomic E-state index is 14.5. The van der Waals surface area contributed by atoms with E-state index >= 15 is 0 Å². The zero-order chi connectivity index (χ0) is 18.9. The fourth-order valence-electron chi connectivity index (χ4n) is 2.26. The van der Waals surface area contributed by atoms with E-state index in [0.717, 1.165) is 6.07 Å². The summed E-state index contributed by atoms with van der Waals surface area (Å²) < 4.78 is 43.1. The van der Waals surface area contributed by atoms with Gasteiger partial charge >= 0.3 is 0 Å². The van der Waals surface area contributed by atoms with Crippen molar-refractivity contribution < 1.29 is 12.8 Å². The van der Waals surface area contributed by atoms with Crippen LogP contribution in [0.3, 0.4) is 0 Å². The number of tetrazole rings is 1. The molecule has 0 amide bonds. The second kappa shape index (κ2) is 6.96. The molecule has 2 aromatic heterocycles. The van der Waals surface area contributed by atoms with Gasteiger partial charge in [-0.15, -0.1) is 5.10 Å². The van der Waals surface area contributed by atoms with Gasteiger partial charge < -0.3 is 0 Å². The smallest absolute Gasteiger partial charge is 0.264 e. The van der Waals surface area contributed by atoms with E-state index < -0.39 is 15.8 Å². The first kappa shape index (κ1) is 18.2. The lowest BCUT2D eigenvalue weighted by atomic mass is 10.1. The molecule has 3 aromatic rings. The molecule has 26 heavy (non-hydrogen) atoms. The predicted octanol–water partition coefficient (Wildman–Crippen LogP) is 2.91. The van der Waals surface area contributed by atoms with E-state index in [4.69, 9.17) is 11.6 Å². The number of benzene rings is 1. The second-order valence-electron chi connectivity index (χ2n) is 5.63. The zero-order valence-electron chi connectivity index (χ0n) is 13.8. The first-order chi connectivity index (χ1) is 12.3. The molecule has 0 aliphatic rings. The van der Waals surface area contributed by atoms with E-state index in [1.807, 2.05) is 13.8 Å². The molecule has 0 radical (unpaired) electrons. The highest BCUT2D eigenvalue weighted by Gasteiger charge is 2.20. The number of nitrogens with one attached hydrogen (secondary N) is 1. The summed E-state index contributed by atoms with van der Waals surface area (Å²) in [4.78, 5) is 3.53. The highest BCUT2D eigenvalue weighted by Crippen LogP contribution is 2.27. The minimum atomic E-state index is -4.01. The highest BCUT2D eigenvalue weighted by molar-refractivity contribution is 7.92. The molecule has 136 valence electrons. The molecule has 0 aliphatic carbocycles. The fraction of sp³-hybridized carbons (Fsp3) is 0.200. The minimum absolute atomic E-state index is 0.0368. The summed E-state index contributed by atoms with van der Waals surface area (Å²) in [6.45, 7) is 3.72. The van der Waals surface area contributed by atoms with Crippen molar-refractivity contribution in [1.29, 1.82) is 0 Å². The SMILES string of the molecule is CC(C)n1nnnc1-c1ccc(NS(=O)(=O)c2cccnc2Cl)cc1F. The van der Waals surface area contributed by atoms with Gasteiger partial charge in [-0.2, -0.15) is 0 Å². The Labute approximate surface area is 154 Å². The van der Waals surface area contributed by atoms with Gasteiger partial charge in [0.1, 0.15) is 15.9 Å². The quantitative estimate of drug-likeness (QED) is 0.665. The van der Waals surface area contributed by atoms with Crippen molar-refractivity contribution in [3.8, 4) is 11.4 Å². The normalized spacial score (nSPS) is 11.7. The number of aromatic nitrogens is 5. The molecule has 1 aromatic carbocycles. The van der Waals surface area contributed by atoms with Gasteiger partial charge in [-0.3, -0.25) is 4.72 Å². The Bertz CT molecular complexity index is 1050.